The second-order valence-corrected chi connectivity index (χ2v) is 5.67. The first kappa shape index (κ1) is 13.5. The molecule has 0 fully saturated rings. The van der Waals surface area contributed by atoms with Crippen LogP contribution in [0.3, 0.4) is 0 Å². The summed E-state index contributed by atoms with van der Waals surface area (Å²) in [6.07, 6.45) is 1.71. The Bertz CT molecular complexity index is 573. The first-order valence-electron chi connectivity index (χ1n) is 5.38. The molecule has 0 unspecified atom stereocenters. The molecule has 0 atom stereocenters. The fourth-order valence-electron chi connectivity index (χ4n) is 1.55. The zero-order valence-electron chi connectivity index (χ0n) is 9.78. The Morgan fingerprint density at radius 3 is 2.67 bits per heavy atom. The van der Waals surface area contributed by atoms with Crippen LogP contribution < -0.4 is 10.5 Å². The number of hydrogen-bond acceptors (Lipinski definition) is 3. The predicted molar refractivity (Wildman–Crippen MR) is 78.8 cm³/mol. The fraction of sp³-hybridized carbons (Fsp3) is 0.154. The maximum Gasteiger partial charge on any atom is 0.222 e. The lowest BCUT2D eigenvalue weighted by Crippen LogP contribution is -2.00. The van der Waals surface area contributed by atoms with Crippen LogP contribution in [-0.2, 0) is 6.54 Å². The van der Waals surface area contributed by atoms with E-state index in [0.717, 1.165) is 25.8 Å². The summed E-state index contributed by atoms with van der Waals surface area (Å²) in [6.45, 7) is 2.37. The molecule has 94 valence electrons. The fourth-order valence-corrected chi connectivity index (χ4v) is 2.40. The van der Waals surface area contributed by atoms with Crippen molar-refractivity contribution in [3.8, 4) is 11.6 Å². The van der Waals surface area contributed by atoms with Crippen molar-refractivity contribution in [2.75, 3.05) is 0 Å². The lowest BCUT2D eigenvalue weighted by Gasteiger charge is -2.11. The number of nitrogens with two attached hydrogens (primary N) is 1. The quantitative estimate of drug-likeness (QED) is 0.880. The van der Waals surface area contributed by atoms with Crippen LogP contribution in [0.2, 0.25) is 0 Å². The highest BCUT2D eigenvalue weighted by atomic mass is 79.9. The Hall–Kier alpha value is -0.910. The van der Waals surface area contributed by atoms with Gasteiger partial charge in [0.2, 0.25) is 5.88 Å². The van der Waals surface area contributed by atoms with E-state index in [1.165, 1.54) is 0 Å². The molecule has 0 aliphatic rings. The summed E-state index contributed by atoms with van der Waals surface area (Å²) in [4.78, 5) is 4.25. The monoisotopic (exact) mass is 370 g/mol. The molecule has 0 saturated heterocycles. The maximum absolute atomic E-state index is 5.81. The molecule has 0 spiro atoms. The molecule has 2 rings (SSSR count). The van der Waals surface area contributed by atoms with Crippen molar-refractivity contribution in [2.24, 2.45) is 5.73 Å². The normalized spacial score (nSPS) is 10.4. The molecule has 0 aliphatic heterocycles. The smallest absolute Gasteiger partial charge is 0.222 e. The van der Waals surface area contributed by atoms with Gasteiger partial charge in [-0.3, -0.25) is 0 Å². The van der Waals surface area contributed by atoms with Crippen molar-refractivity contribution in [1.82, 2.24) is 4.98 Å². The van der Waals surface area contributed by atoms with Gasteiger partial charge in [-0.15, -0.1) is 0 Å². The van der Waals surface area contributed by atoms with Gasteiger partial charge in [-0.2, -0.15) is 0 Å². The first-order valence-corrected chi connectivity index (χ1v) is 6.97. The number of benzene rings is 1. The number of halogens is 2. The third kappa shape index (κ3) is 3.10. The summed E-state index contributed by atoms with van der Waals surface area (Å²) in [6, 6.07) is 7.71. The van der Waals surface area contributed by atoms with Gasteiger partial charge in [0, 0.05) is 32.8 Å². The average molecular weight is 372 g/mol. The summed E-state index contributed by atoms with van der Waals surface area (Å²) in [5.74, 6) is 1.33. The summed E-state index contributed by atoms with van der Waals surface area (Å²) >= 11 is 6.79. The average Bonchev–Trinajstić information content (AvgIpc) is 2.34. The van der Waals surface area contributed by atoms with Crippen molar-refractivity contribution in [1.29, 1.82) is 0 Å². The Labute approximate surface area is 123 Å². The van der Waals surface area contributed by atoms with E-state index in [-0.39, 0.29) is 0 Å². The van der Waals surface area contributed by atoms with E-state index in [4.69, 9.17) is 10.5 Å². The van der Waals surface area contributed by atoms with Crippen LogP contribution in [0.1, 0.15) is 11.1 Å². The van der Waals surface area contributed by atoms with Gasteiger partial charge < -0.3 is 10.5 Å². The van der Waals surface area contributed by atoms with Gasteiger partial charge in [-0.25, -0.2) is 4.98 Å². The summed E-state index contributed by atoms with van der Waals surface area (Å²) in [7, 11) is 0. The van der Waals surface area contributed by atoms with Crippen LogP contribution in [-0.4, -0.2) is 4.98 Å². The van der Waals surface area contributed by atoms with Gasteiger partial charge in [0.05, 0.1) is 0 Å². The SMILES string of the molecule is Cc1cc(Br)cnc1Oc1ccc(Br)cc1CN. The zero-order valence-corrected chi connectivity index (χ0v) is 13.0. The molecule has 2 N–H and O–H groups in total. The number of pyridine rings is 1. The van der Waals surface area contributed by atoms with Crippen LogP contribution >= 0.6 is 31.9 Å². The molecule has 0 bridgehead atoms. The Morgan fingerprint density at radius 1 is 1.22 bits per heavy atom. The predicted octanol–water partition coefficient (Wildman–Crippen LogP) is 4.17. The minimum absolute atomic E-state index is 0.421. The van der Waals surface area contributed by atoms with E-state index in [1.807, 2.05) is 31.2 Å². The molecule has 3 nitrogen and oxygen atoms in total. The first-order chi connectivity index (χ1) is 8.60. The highest BCUT2D eigenvalue weighted by Gasteiger charge is 2.08. The minimum atomic E-state index is 0.421. The van der Waals surface area contributed by atoms with Crippen molar-refractivity contribution in [3.63, 3.8) is 0 Å². The number of ether oxygens (including phenoxy) is 1. The molecule has 18 heavy (non-hydrogen) atoms. The highest BCUT2D eigenvalue weighted by Crippen LogP contribution is 2.29. The van der Waals surface area contributed by atoms with E-state index < -0.39 is 0 Å². The molecule has 1 aromatic heterocycles. The van der Waals surface area contributed by atoms with E-state index in [1.54, 1.807) is 6.20 Å². The maximum atomic E-state index is 5.81. The van der Waals surface area contributed by atoms with Crippen molar-refractivity contribution >= 4 is 31.9 Å². The molecule has 5 heteroatoms. The second-order valence-electron chi connectivity index (χ2n) is 3.83. The van der Waals surface area contributed by atoms with E-state index in [9.17, 15) is 0 Å². The van der Waals surface area contributed by atoms with Gasteiger partial charge in [0.15, 0.2) is 0 Å². The molecule has 2 aromatic rings. The summed E-state index contributed by atoms with van der Waals surface area (Å²) in [5.41, 5.74) is 7.61. The van der Waals surface area contributed by atoms with E-state index in [0.29, 0.717) is 12.4 Å². The lowest BCUT2D eigenvalue weighted by molar-refractivity contribution is 0.453. The Kier molecular flexibility index (Phi) is 4.37. The van der Waals surface area contributed by atoms with Crippen molar-refractivity contribution in [3.05, 3.63) is 50.5 Å². The van der Waals surface area contributed by atoms with Crippen LogP contribution in [0.4, 0.5) is 0 Å². The topological polar surface area (TPSA) is 48.1 Å². The van der Waals surface area contributed by atoms with Gasteiger partial charge >= 0.3 is 0 Å². The molecule has 0 radical (unpaired) electrons. The molecular formula is C13H12Br2N2O. The largest absolute Gasteiger partial charge is 0.438 e. The molecule has 0 amide bonds. The van der Waals surface area contributed by atoms with Gasteiger partial charge in [-0.05, 0) is 47.1 Å². The standard InChI is InChI=1S/C13H12Br2N2O/c1-8-4-11(15)7-17-13(8)18-12-3-2-10(14)5-9(12)6-16/h2-5,7H,6,16H2,1H3. The minimum Gasteiger partial charge on any atom is -0.438 e. The number of hydrogen-bond donors (Lipinski definition) is 1. The lowest BCUT2D eigenvalue weighted by atomic mass is 10.2. The summed E-state index contributed by atoms with van der Waals surface area (Å²) < 4.78 is 7.72. The van der Waals surface area contributed by atoms with Gasteiger partial charge in [0.1, 0.15) is 5.75 Å². The number of nitrogens with zero attached hydrogens (tertiary/aromatic N) is 1. The van der Waals surface area contributed by atoms with Crippen LogP contribution in [0.5, 0.6) is 11.6 Å². The van der Waals surface area contributed by atoms with Crippen LogP contribution in [0, 0.1) is 6.92 Å². The third-order valence-electron chi connectivity index (χ3n) is 2.45. The Balaban J connectivity index is 2.33. The van der Waals surface area contributed by atoms with Crippen molar-refractivity contribution in [2.45, 2.75) is 13.5 Å². The Morgan fingerprint density at radius 2 is 2.00 bits per heavy atom. The van der Waals surface area contributed by atoms with Crippen LogP contribution in [0.15, 0.2) is 39.4 Å². The van der Waals surface area contributed by atoms with E-state index in [2.05, 4.69) is 36.8 Å². The molecular weight excluding hydrogens is 360 g/mol. The molecule has 1 heterocycles. The summed E-state index contributed by atoms with van der Waals surface area (Å²) in [5, 5.41) is 0. The van der Waals surface area contributed by atoms with Crippen LogP contribution in [0.25, 0.3) is 0 Å². The second kappa shape index (κ2) is 5.82. The number of aromatic nitrogens is 1. The third-order valence-corrected chi connectivity index (χ3v) is 3.37. The highest BCUT2D eigenvalue weighted by molar-refractivity contribution is 9.10. The zero-order chi connectivity index (χ0) is 13.1. The molecule has 0 aliphatic carbocycles. The van der Waals surface area contributed by atoms with E-state index >= 15 is 0 Å². The number of aryl methyl sites for hydroxylation is 1. The molecule has 1 aromatic carbocycles. The van der Waals surface area contributed by atoms with Crippen molar-refractivity contribution < 1.29 is 4.74 Å². The van der Waals surface area contributed by atoms with Gasteiger partial charge in [-0.1, -0.05) is 15.9 Å². The molecule has 0 saturated carbocycles. The van der Waals surface area contributed by atoms with Gasteiger partial charge in [0.25, 0.3) is 0 Å². The number of rotatable bonds is 3.